The smallest absolute Gasteiger partial charge is 0.490 e. The van der Waals surface area contributed by atoms with Gasteiger partial charge in [0, 0.05) is 6.54 Å². The number of imidazole rings is 1. The Balaban J connectivity index is 0.000000479. The predicted octanol–water partition coefficient (Wildman–Crippen LogP) is 0.788. The van der Waals surface area contributed by atoms with E-state index in [4.69, 9.17) is 35.8 Å². The molecule has 12 nitrogen and oxygen atoms in total. The number of aliphatic hydroxyl groups excluding tert-OH is 1. The molecule has 6 N–H and O–H groups in total. The van der Waals surface area contributed by atoms with E-state index >= 15 is 0 Å². The molecule has 178 valence electrons. The number of fused-ring (bicyclic) bond motifs is 1. The molecule has 33 heavy (non-hydrogen) atoms. The van der Waals surface area contributed by atoms with Crippen LogP contribution in [0.5, 0.6) is 5.75 Å². The summed E-state index contributed by atoms with van der Waals surface area (Å²) < 4.78 is 44.2. The fourth-order valence-corrected chi connectivity index (χ4v) is 2.54. The van der Waals surface area contributed by atoms with Gasteiger partial charge in [-0.1, -0.05) is 5.92 Å². The molecule has 0 aliphatic carbocycles. The molecule has 0 spiro atoms. The zero-order valence-corrected chi connectivity index (χ0v) is 17.3. The topological polar surface area (TPSA) is 188 Å². The predicted molar refractivity (Wildman–Crippen MR) is 108 cm³/mol. The van der Waals surface area contributed by atoms with Crippen LogP contribution in [-0.4, -0.2) is 67.0 Å². The van der Waals surface area contributed by atoms with Crippen molar-refractivity contribution >= 4 is 22.8 Å². The van der Waals surface area contributed by atoms with Crippen LogP contribution in [-0.2, 0) is 11.3 Å². The molecule has 0 aliphatic heterocycles. The number of nitrogens with zero attached hydrogens (tertiary/aromatic N) is 5. The fraction of sp³-hybridized carbons (Fsp3) is 0.389. The molecule has 0 aliphatic rings. The molecule has 15 heteroatoms. The second-order valence-corrected chi connectivity index (χ2v) is 6.10. The van der Waals surface area contributed by atoms with Gasteiger partial charge in [0.2, 0.25) is 0 Å². The molecule has 0 unspecified atom stereocenters. The Morgan fingerprint density at radius 3 is 2.58 bits per heavy atom. The van der Waals surface area contributed by atoms with Crippen LogP contribution >= 0.6 is 0 Å². The number of hydrogen-bond donors (Lipinski definition) is 4. The van der Waals surface area contributed by atoms with Crippen molar-refractivity contribution in [3.8, 4) is 29.1 Å². The lowest BCUT2D eigenvalue weighted by Gasteiger charge is -2.10. The highest BCUT2D eigenvalue weighted by Crippen LogP contribution is 2.33. The van der Waals surface area contributed by atoms with Crippen molar-refractivity contribution in [3.05, 3.63) is 11.9 Å². The van der Waals surface area contributed by atoms with Crippen LogP contribution in [0.3, 0.4) is 0 Å². The number of nitrogens with two attached hydrogens (primary N) is 2. The molecule has 3 heterocycles. The number of aliphatic carboxylic acids is 1. The number of carboxylic acids is 1. The highest BCUT2D eigenvalue weighted by molar-refractivity contribution is 5.89. The number of carboxylic acid groups (broad SMARTS) is 1. The van der Waals surface area contributed by atoms with Gasteiger partial charge in [0.25, 0.3) is 0 Å². The van der Waals surface area contributed by atoms with Crippen molar-refractivity contribution in [2.75, 3.05) is 25.5 Å². The Bertz CT molecular complexity index is 1160. The fourth-order valence-electron chi connectivity index (χ4n) is 2.54. The van der Waals surface area contributed by atoms with Crippen molar-refractivity contribution in [2.24, 2.45) is 5.73 Å². The van der Waals surface area contributed by atoms with Crippen LogP contribution in [0.25, 0.3) is 22.6 Å². The minimum Gasteiger partial charge on any atom is -0.490 e. The highest BCUT2D eigenvalue weighted by atomic mass is 19.4. The standard InChI is InChI=1S/C16H19N7O3.C2HF3O2/c1-2-23-14-11(25-8-4-6-17)9-19-10(5-3-7-24)12(14)20-16(23)13-15(18)22-26-21-13;3-2(4,5)1(6)7/h9,24H,2,4,6-8,17H2,1H3,(H2,18,22);(H,6,7). The molecule has 3 aromatic heterocycles. The lowest BCUT2D eigenvalue weighted by molar-refractivity contribution is -0.192. The zero-order chi connectivity index (χ0) is 24.6. The SMILES string of the molecule is CCn1c(-c2nonc2N)nc2c(C#CCO)ncc(OCCCN)c21.O=C(O)C(F)(F)F. The first kappa shape index (κ1) is 25.4. The van der Waals surface area contributed by atoms with Crippen molar-refractivity contribution < 1.29 is 37.5 Å². The van der Waals surface area contributed by atoms with Crippen LogP contribution in [0.15, 0.2) is 10.8 Å². The average molecular weight is 471 g/mol. The third-order valence-corrected chi connectivity index (χ3v) is 3.91. The quantitative estimate of drug-likeness (QED) is 0.294. The molecule has 0 radical (unpaired) electrons. The number of alkyl halides is 3. The summed E-state index contributed by atoms with van der Waals surface area (Å²) in [7, 11) is 0. The van der Waals surface area contributed by atoms with Crippen molar-refractivity contribution in [1.82, 2.24) is 24.8 Å². The van der Waals surface area contributed by atoms with Crippen LogP contribution in [0.1, 0.15) is 19.0 Å². The monoisotopic (exact) mass is 471 g/mol. The molecule has 3 rings (SSSR count). The summed E-state index contributed by atoms with van der Waals surface area (Å²) >= 11 is 0. The molecule has 3 aromatic rings. The van der Waals surface area contributed by atoms with Crippen LogP contribution in [0, 0.1) is 11.8 Å². The first-order valence-electron chi connectivity index (χ1n) is 9.35. The number of ether oxygens (including phenoxy) is 1. The molecular formula is C18H20F3N7O5. The van der Waals surface area contributed by atoms with Gasteiger partial charge in [-0.05, 0) is 36.1 Å². The Hall–Kier alpha value is -3.90. The van der Waals surface area contributed by atoms with Gasteiger partial charge < -0.3 is 31.0 Å². The van der Waals surface area contributed by atoms with E-state index < -0.39 is 12.1 Å². The van der Waals surface area contributed by atoms with Crippen LogP contribution < -0.4 is 16.2 Å². The molecule has 0 aromatic carbocycles. The number of rotatable bonds is 6. The van der Waals surface area contributed by atoms with Gasteiger partial charge in [-0.15, -0.1) is 0 Å². The molecule has 0 amide bonds. The van der Waals surface area contributed by atoms with Crippen LogP contribution in [0.4, 0.5) is 19.0 Å². The highest BCUT2D eigenvalue weighted by Gasteiger charge is 2.38. The molecule has 0 fully saturated rings. The minimum atomic E-state index is -5.08. The van der Waals surface area contributed by atoms with E-state index in [1.807, 2.05) is 11.5 Å². The second kappa shape index (κ2) is 11.1. The summed E-state index contributed by atoms with van der Waals surface area (Å²) in [6, 6.07) is 0. The zero-order valence-electron chi connectivity index (χ0n) is 17.3. The molecular weight excluding hydrogens is 451 g/mol. The van der Waals surface area contributed by atoms with Gasteiger partial charge in [0.15, 0.2) is 23.1 Å². The summed E-state index contributed by atoms with van der Waals surface area (Å²) in [5, 5.41) is 23.6. The van der Waals surface area contributed by atoms with Crippen molar-refractivity contribution in [2.45, 2.75) is 26.1 Å². The molecule has 0 saturated heterocycles. The summed E-state index contributed by atoms with van der Waals surface area (Å²) in [6.07, 6.45) is -2.79. The number of pyridine rings is 1. The second-order valence-electron chi connectivity index (χ2n) is 6.10. The molecule has 0 atom stereocenters. The van der Waals surface area contributed by atoms with Crippen molar-refractivity contribution in [3.63, 3.8) is 0 Å². The molecule has 0 saturated carbocycles. The van der Waals surface area contributed by atoms with Gasteiger partial charge in [-0.2, -0.15) is 13.2 Å². The maximum Gasteiger partial charge on any atom is 0.490 e. The van der Waals surface area contributed by atoms with E-state index in [9.17, 15) is 13.2 Å². The number of nitrogen functional groups attached to an aromatic ring is 1. The lowest BCUT2D eigenvalue weighted by Crippen LogP contribution is -2.21. The summed E-state index contributed by atoms with van der Waals surface area (Å²) in [5.41, 5.74) is 13.3. The maximum absolute atomic E-state index is 10.6. The Morgan fingerprint density at radius 1 is 1.36 bits per heavy atom. The largest absolute Gasteiger partial charge is 0.490 e. The first-order chi connectivity index (χ1) is 15.6. The van der Waals surface area contributed by atoms with Gasteiger partial charge in [0.05, 0.1) is 12.8 Å². The Labute approximate surface area is 184 Å². The van der Waals surface area contributed by atoms with E-state index in [-0.39, 0.29) is 12.4 Å². The van der Waals surface area contributed by atoms with E-state index in [2.05, 4.69) is 32.1 Å². The first-order valence-corrected chi connectivity index (χ1v) is 9.35. The van der Waals surface area contributed by atoms with E-state index in [0.717, 1.165) is 0 Å². The van der Waals surface area contributed by atoms with Gasteiger partial charge in [-0.25, -0.2) is 19.4 Å². The maximum atomic E-state index is 10.6. The average Bonchev–Trinajstić information content (AvgIpc) is 3.36. The van der Waals surface area contributed by atoms with Crippen LogP contribution in [0.2, 0.25) is 0 Å². The van der Waals surface area contributed by atoms with Gasteiger partial charge in [0.1, 0.15) is 23.3 Å². The van der Waals surface area contributed by atoms with Gasteiger partial charge >= 0.3 is 12.1 Å². The Morgan fingerprint density at radius 2 is 2.06 bits per heavy atom. The number of anilines is 1. The normalized spacial score (nSPS) is 10.8. The third kappa shape index (κ3) is 6.08. The number of hydrogen-bond acceptors (Lipinski definition) is 10. The summed E-state index contributed by atoms with van der Waals surface area (Å²) in [6.45, 7) is 3.22. The number of aromatic nitrogens is 5. The Kier molecular flexibility index (Phi) is 8.54. The summed E-state index contributed by atoms with van der Waals surface area (Å²) in [5.74, 6) is 3.80. The molecule has 0 bridgehead atoms. The van der Waals surface area contributed by atoms with E-state index in [1.165, 1.54) is 0 Å². The lowest BCUT2D eigenvalue weighted by atomic mass is 10.2. The van der Waals surface area contributed by atoms with E-state index in [1.54, 1.807) is 6.20 Å². The number of aliphatic hydroxyl groups is 1. The van der Waals surface area contributed by atoms with E-state index in [0.29, 0.717) is 60.1 Å². The third-order valence-electron chi connectivity index (χ3n) is 3.91. The number of carbonyl (C=O) groups is 1. The summed E-state index contributed by atoms with van der Waals surface area (Å²) in [4.78, 5) is 17.8. The van der Waals surface area contributed by atoms with Gasteiger partial charge in [-0.3, -0.25) is 0 Å². The number of halogens is 3. The van der Waals surface area contributed by atoms with Crippen molar-refractivity contribution in [1.29, 1.82) is 0 Å². The number of aryl methyl sites for hydroxylation is 1. The minimum absolute atomic E-state index is 0.136.